The molecule has 1 aliphatic heterocycles. The lowest BCUT2D eigenvalue weighted by Crippen LogP contribution is -2.50. The van der Waals surface area contributed by atoms with Crippen LogP contribution in [0.3, 0.4) is 0 Å². The normalized spacial score (nSPS) is 14.5. The van der Waals surface area contributed by atoms with Crippen LogP contribution >= 0.6 is 0 Å². The number of nitrogens with zero attached hydrogens (tertiary/aromatic N) is 3. The van der Waals surface area contributed by atoms with E-state index in [4.69, 9.17) is 4.74 Å². The van der Waals surface area contributed by atoms with Crippen molar-refractivity contribution in [3.05, 3.63) is 48.7 Å². The molecule has 2 heterocycles. The third kappa shape index (κ3) is 3.53. The Hall–Kier alpha value is -2.76. The summed E-state index contributed by atoms with van der Waals surface area (Å²) in [4.78, 5) is 20.6. The van der Waals surface area contributed by atoms with Crippen LogP contribution in [0.5, 0.6) is 5.75 Å². The van der Waals surface area contributed by atoms with Crippen molar-refractivity contribution in [1.82, 2.24) is 9.88 Å². The van der Waals surface area contributed by atoms with Crippen molar-refractivity contribution in [2.24, 2.45) is 0 Å². The number of piperazine rings is 1. The smallest absolute Gasteiger partial charge is 0.323 e. The molecule has 1 aliphatic rings. The van der Waals surface area contributed by atoms with E-state index < -0.39 is 0 Å². The van der Waals surface area contributed by atoms with Gasteiger partial charge in [-0.05, 0) is 24.3 Å². The highest BCUT2D eigenvalue weighted by molar-refractivity contribution is 5.89. The van der Waals surface area contributed by atoms with Crippen LogP contribution in [0, 0.1) is 0 Å². The van der Waals surface area contributed by atoms with Crippen molar-refractivity contribution in [1.29, 1.82) is 0 Å². The number of amides is 2. The second-order valence-corrected chi connectivity index (χ2v) is 5.29. The number of anilines is 2. The second kappa shape index (κ2) is 7.00. The quantitative estimate of drug-likeness (QED) is 0.946. The summed E-state index contributed by atoms with van der Waals surface area (Å²) < 4.78 is 5.20. The van der Waals surface area contributed by atoms with Crippen molar-refractivity contribution >= 4 is 17.5 Å². The summed E-state index contributed by atoms with van der Waals surface area (Å²) in [6.07, 6.45) is 1.63. The Bertz CT molecular complexity index is 655. The number of hydrogen-bond acceptors (Lipinski definition) is 4. The van der Waals surface area contributed by atoms with E-state index in [9.17, 15) is 4.79 Å². The first-order chi connectivity index (χ1) is 11.3. The molecule has 2 aromatic rings. The molecule has 1 N–H and O–H groups in total. The zero-order chi connectivity index (χ0) is 16.1. The Morgan fingerprint density at radius 3 is 2.52 bits per heavy atom. The molecule has 6 heteroatoms. The number of benzene rings is 1. The lowest BCUT2D eigenvalue weighted by molar-refractivity contribution is 0.208. The summed E-state index contributed by atoms with van der Waals surface area (Å²) in [5.41, 5.74) is 1.19. The number of para-hydroxylation sites is 1. The van der Waals surface area contributed by atoms with Gasteiger partial charge < -0.3 is 14.5 Å². The van der Waals surface area contributed by atoms with E-state index in [1.807, 2.05) is 18.2 Å². The molecule has 6 nitrogen and oxygen atoms in total. The SMILES string of the molecule is COc1cccnc1NC(=O)N1CCN(c2ccccc2)CC1. The van der Waals surface area contributed by atoms with Gasteiger partial charge in [-0.1, -0.05) is 18.2 Å². The number of urea groups is 1. The molecule has 0 spiro atoms. The minimum Gasteiger partial charge on any atom is -0.493 e. The first kappa shape index (κ1) is 15.1. The fraction of sp³-hybridized carbons (Fsp3) is 0.294. The highest BCUT2D eigenvalue weighted by Crippen LogP contribution is 2.21. The summed E-state index contributed by atoms with van der Waals surface area (Å²) in [7, 11) is 1.56. The van der Waals surface area contributed by atoms with Crippen LogP contribution in [0.1, 0.15) is 0 Å². The van der Waals surface area contributed by atoms with E-state index in [1.54, 1.807) is 30.3 Å². The zero-order valence-corrected chi connectivity index (χ0v) is 13.1. The summed E-state index contributed by atoms with van der Waals surface area (Å²) >= 11 is 0. The van der Waals surface area contributed by atoms with E-state index in [0.717, 1.165) is 13.1 Å². The van der Waals surface area contributed by atoms with Gasteiger partial charge in [0.1, 0.15) is 0 Å². The fourth-order valence-corrected chi connectivity index (χ4v) is 2.64. The Balaban J connectivity index is 1.58. The van der Waals surface area contributed by atoms with Crippen LogP contribution in [-0.2, 0) is 0 Å². The molecule has 0 aliphatic carbocycles. The monoisotopic (exact) mass is 312 g/mol. The van der Waals surface area contributed by atoms with Gasteiger partial charge in [0.2, 0.25) is 0 Å². The van der Waals surface area contributed by atoms with E-state index in [-0.39, 0.29) is 6.03 Å². The molecule has 0 saturated carbocycles. The average molecular weight is 312 g/mol. The maximum Gasteiger partial charge on any atom is 0.323 e. The number of carbonyl (C=O) groups excluding carboxylic acids is 1. The van der Waals surface area contributed by atoms with Gasteiger partial charge in [0.05, 0.1) is 7.11 Å². The largest absolute Gasteiger partial charge is 0.493 e. The first-order valence-corrected chi connectivity index (χ1v) is 7.63. The van der Waals surface area contributed by atoms with Crippen molar-refractivity contribution in [2.45, 2.75) is 0 Å². The average Bonchev–Trinajstić information content (AvgIpc) is 2.63. The number of pyridine rings is 1. The van der Waals surface area contributed by atoms with E-state index in [2.05, 4.69) is 27.3 Å². The van der Waals surface area contributed by atoms with Gasteiger partial charge in [-0.3, -0.25) is 5.32 Å². The van der Waals surface area contributed by atoms with Gasteiger partial charge in [0.25, 0.3) is 0 Å². The van der Waals surface area contributed by atoms with Crippen LogP contribution in [0.15, 0.2) is 48.7 Å². The van der Waals surface area contributed by atoms with E-state index >= 15 is 0 Å². The minimum absolute atomic E-state index is 0.144. The molecule has 23 heavy (non-hydrogen) atoms. The number of rotatable bonds is 3. The van der Waals surface area contributed by atoms with Crippen molar-refractivity contribution in [2.75, 3.05) is 43.5 Å². The molecule has 0 bridgehead atoms. The van der Waals surface area contributed by atoms with Gasteiger partial charge in [0.15, 0.2) is 11.6 Å². The molecule has 1 aromatic heterocycles. The number of nitrogens with one attached hydrogen (secondary N) is 1. The first-order valence-electron chi connectivity index (χ1n) is 7.63. The Morgan fingerprint density at radius 1 is 1.09 bits per heavy atom. The predicted molar refractivity (Wildman–Crippen MR) is 90.0 cm³/mol. The molecule has 0 atom stereocenters. The van der Waals surface area contributed by atoms with Gasteiger partial charge in [-0.25, -0.2) is 9.78 Å². The lowest BCUT2D eigenvalue weighted by atomic mass is 10.2. The second-order valence-electron chi connectivity index (χ2n) is 5.29. The zero-order valence-electron chi connectivity index (χ0n) is 13.1. The van der Waals surface area contributed by atoms with Crippen LogP contribution < -0.4 is 15.0 Å². The molecular weight excluding hydrogens is 292 g/mol. The molecule has 0 radical (unpaired) electrons. The topological polar surface area (TPSA) is 57.7 Å². The number of methoxy groups -OCH3 is 1. The summed E-state index contributed by atoms with van der Waals surface area (Å²) in [6.45, 7) is 2.99. The maximum atomic E-state index is 12.4. The molecule has 120 valence electrons. The van der Waals surface area contributed by atoms with E-state index in [0.29, 0.717) is 24.7 Å². The standard InChI is InChI=1S/C17H20N4O2/c1-23-15-8-5-9-18-16(15)19-17(22)21-12-10-20(11-13-21)14-6-3-2-4-7-14/h2-9H,10-13H2,1H3,(H,18,19,22). The summed E-state index contributed by atoms with van der Waals surface area (Å²) in [6, 6.07) is 13.7. The van der Waals surface area contributed by atoms with Gasteiger partial charge >= 0.3 is 6.03 Å². The fourth-order valence-electron chi connectivity index (χ4n) is 2.64. The molecule has 3 rings (SSSR count). The third-order valence-corrected chi connectivity index (χ3v) is 3.90. The third-order valence-electron chi connectivity index (χ3n) is 3.90. The molecule has 0 unspecified atom stereocenters. The van der Waals surface area contributed by atoms with Crippen LogP contribution in [0.2, 0.25) is 0 Å². The van der Waals surface area contributed by atoms with Gasteiger partial charge in [-0.2, -0.15) is 0 Å². The minimum atomic E-state index is -0.144. The number of hydrogen-bond donors (Lipinski definition) is 1. The molecule has 1 aromatic carbocycles. The molecular formula is C17H20N4O2. The van der Waals surface area contributed by atoms with Gasteiger partial charge in [0, 0.05) is 38.1 Å². The Kier molecular flexibility index (Phi) is 4.61. The van der Waals surface area contributed by atoms with Crippen molar-refractivity contribution in [3.8, 4) is 5.75 Å². The van der Waals surface area contributed by atoms with Crippen molar-refractivity contribution in [3.63, 3.8) is 0 Å². The van der Waals surface area contributed by atoms with Crippen LogP contribution in [0.25, 0.3) is 0 Å². The summed E-state index contributed by atoms with van der Waals surface area (Å²) in [5, 5.41) is 2.82. The highest BCUT2D eigenvalue weighted by Gasteiger charge is 2.22. The Morgan fingerprint density at radius 2 is 1.83 bits per heavy atom. The number of aromatic nitrogens is 1. The molecule has 2 amide bonds. The van der Waals surface area contributed by atoms with Crippen LogP contribution in [-0.4, -0.2) is 49.2 Å². The number of ether oxygens (including phenoxy) is 1. The predicted octanol–water partition coefficient (Wildman–Crippen LogP) is 2.44. The molecule has 1 saturated heterocycles. The van der Waals surface area contributed by atoms with Crippen LogP contribution in [0.4, 0.5) is 16.3 Å². The Labute approximate surface area is 135 Å². The molecule has 1 fully saturated rings. The summed E-state index contributed by atoms with van der Waals surface area (Å²) in [5.74, 6) is 1.01. The maximum absolute atomic E-state index is 12.4. The van der Waals surface area contributed by atoms with Gasteiger partial charge in [-0.15, -0.1) is 0 Å². The highest BCUT2D eigenvalue weighted by atomic mass is 16.5. The van der Waals surface area contributed by atoms with Crippen molar-refractivity contribution < 1.29 is 9.53 Å². The van der Waals surface area contributed by atoms with E-state index in [1.165, 1.54) is 5.69 Å². The lowest BCUT2D eigenvalue weighted by Gasteiger charge is -2.36. The number of carbonyl (C=O) groups is 1.